The number of aryl methyl sites for hydroxylation is 1. The van der Waals surface area contributed by atoms with E-state index in [0.717, 1.165) is 4.68 Å². The third-order valence-electron chi connectivity index (χ3n) is 2.44. The predicted molar refractivity (Wildman–Crippen MR) is 66.0 cm³/mol. The van der Waals surface area contributed by atoms with Crippen molar-refractivity contribution in [3.63, 3.8) is 0 Å². The van der Waals surface area contributed by atoms with Crippen LogP contribution in [0.15, 0.2) is 35.1 Å². The zero-order valence-corrected chi connectivity index (χ0v) is 9.53. The van der Waals surface area contributed by atoms with Gasteiger partial charge in [-0.25, -0.2) is 4.68 Å². The van der Waals surface area contributed by atoms with Gasteiger partial charge in [0.25, 0.3) is 11.2 Å². The lowest BCUT2D eigenvalue weighted by molar-refractivity contribution is -0.384. The summed E-state index contributed by atoms with van der Waals surface area (Å²) >= 11 is 0. The van der Waals surface area contributed by atoms with Crippen LogP contribution < -0.4 is 11.3 Å². The molecule has 18 heavy (non-hydrogen) atoms. The lowest BCUT2D eigenvalue weighted by Gasteiger charge is -2.04. The molecule has 0 saturated carbocycles. The van der Waals surface area contributed by atoms with Gasteiger partial charge in [-0.1, -0.05) is 12.1 Å². The first kappa shape index (κ1) is 11.8. The van der Waals surface area contributed by atoms with Crippen molar-refractivity contribution in [3.05, 3.63) is 50.8 Å². The van der Waals surface area contributed by atoms with E-state index >= 15 is 0 Å². The van der Waals surface area contributed by atoms with Crippen molar-refractivity contribution in [1.29, 1.82) is 0 Å². The summed E-state index contributed by atoms with van der Waals surface area (Å²) < 4.78 is 1.10. The highest BCUT2D eigenvalue weighted by Gasteiger charge is 2.10. The molecule has 7 heteroatoms. The SMILES string of the molecule is Cn1nc(-c2cccc([N+](=O)[O-])c2)cc(N)c1=O. The van der Waals surface area contributed by atoms with E-state index < -0.39 is 10.5 Å². The predicted octanol–water partition coefficient (Wildman–Crippen LogP) is 0.938. The highest BCUT2D eigenvalue weighted by Crippen LogP contribution is 2.22. The van der Waals surface area contributed by atoms with Crippen LogP contribution >= 0.6 is 0 Å². The molecule has 92 valence electrons. The fourth-order valence-electron chi connectivity index (χ4n) is 1.55. The Morgan fingerprint density at radius 1 is 1.39 bits per heavy atom. The summed E-state index contributed by atoms with van der Waals surface area (Å²) in [6.07, 6.45) is 0. The maximum atomic E-state index is 11.4. The normalized spacial score (nSPS) is 10.3. The molecule has 0 saturated heterocycles. The Balaban J connectivity index is 2.59. The molecule has 0 unspecified atom stereocenters. The molecule has 0 amide bonds. The average Bonchev–Trinajstić information content (AvgIpc) is 2.35. The summed E-state index contributed by atoms with van der Waals surface area (Å²) in [6, 6.07) is 7.39. The molecule has 0 spiro atoms. The van der Waals surface area contributed by atoms with Crippen LogP contribution in [0.1, 0.15) is 0 Å². The zero-order valence-electron chi connectivity index (χ0n) is 9.53. The third kappa shape index (κ3) is 2.05. The lowest BCUT2D eigenvalue weighted by atomic mass is 10.1. The summed E-state index contributed by atoms with van der Waals surface area (Å²) in [6.45, 7) is 0. The molecule has 0 atom stereocenters. The molecule has 0 aliphatic carbocycles. The van der Waals surface area contributed by atoms with Crippen LogP contribution in [0.2, 0.25) is 0 Å². The quantitative estimate of drug-likeness (QED) is 0.627. The summed E-state index contributed by atoms with van der Waals surface area (Å²) in [4.78, 5) is 21.6. The number of anilines is 1. The molecule has 2 N–H and O–H groups in total. The second-order valence-corrected chi connectivity index (χ2v) is 3.72. The first-order chi connectivity index (χ1) is 8.49. The van der Waals surface area contributed by atoms with E-state index in [0.29, 0.717) is 11.3 Å². The lowest BCUT2D eigenvalue weighted by Crippen LogP contribution is -2.22. The maximum Gasteiger partial charge on any atom is 0.289 e. The van der Waals surface area contributed by atoms with Crippen molar-refractivity contribution in [2.75, 3.05) is 5.73 Å². The van der Waals surface area contributed by atoms with Gasteiger partial charge in [-0.05, 0) is 6.07 Å². The van der Waals surface area contributed by atoms with E-state index in [1.807, 2.05) is 0 Å². The number of rotatable bonds is 2. The number of hydrogen-bond donors (Lipinski definition) is 1. The van der Waals surface area contributed by atoms with Crippen LogP contribution in [0, 0.1) is 10.1 Å². The van der Waals surface area contributed by atoms with Crippen molar-refractivity contribution < 1.29 is 4.92 Å². The second-order valence-electron chi connectivity index (χ2n) is 3.72. The standard InChI is InChI=1S/C11H10N4O3/c1-14-11(16)9(12)6-10(13-14)7-3-2-4-8(5-7)15(17)18/h2-6H,12H2,1H3. The molecular weight excluding hydrogens is 236 g/mol. The molecule has 7 nitrogen and oxygen atoms in total. The molecule has 0 aliphatic heterocycles. The van der Waals surface area contributed by atoms with Crippen LogP contribution in [0.3, 0.4) is 0 Å². The minimum atomic E-state index is -0.491. The van der Waals surface area contributed by atoms with Gasteiger partial charge >= 0.3 is 0 Å². The monoisotopic (exact) mass is 246 g/mol. The van der Waals surface area contributed by atoms with Gasteiger partial charge in [0.1, 0.15) is 5.69 Å². The van der Waals surface area contributed by atoms with Gasteiger partial charge in [-0.3, -0.25) is 14.9 Å². The van der Waals surface area contributed by atoms with Gasteiger partial charge in [0.2, 0.25) is 0 Å². The molecule has 2 aromatic rings. The topological polar surface area (TPSA) is 104 Å². The van der Waals surface area contributed by atoms with Crippen molar-refractivity contribution in [2.45, 2.75) is 0 Å². The number of non-ortho nitro benzene ring substituents is 1. The second kappa shape index (κ2) is 4.28. The van der Waals surface area contributed by atoms with Crippen molar-refractivity contribution in [3.8, 4) is 11.3 Å². The van der Waals surface area contributed by atoms with Gasteiger partial charge < -0.3 is 5.73 Å². The van der Waals surface area contributed by atoms with E-state index in [9.17, 15) is 14.9 Å². The molecule has 2 rings (SSSR count). The fourth-order valence-corrected chi connectivity index (χ4v) is 1.55. The molecule has 1 aromatic carbocycles. The highest BCUT2D eigenvalue weighted by atomic mass is 16.6. The summed E-state index contributed by atoms with van der Waals surface area (Å²) in [5, 5.41) is 14.7. The van der Waals surface area contributed by atoms with E-state index in [2.05, 4.69) is 5.10 Å². The maximum absolute atomic E-state index is 11.4. The minimum Gasteiger partial charge on any atom is -0.394 e. The van der Waals surface area contributed by atoms with Crippen LogP contribution in [0.4, 0.5) is 11.4 Å². The smallest absolute Gasteiger partial charge is 0.289 e. The number of nitrogen functional groups attached to an aromatic ring is 1. The van der Waals surface area contributed by atoms with E-state index in [4.69, 9.17) is 5.73 Å². The van der Waals surface area contributed by atoms with Gasteiger partial charge in [0, 0.05) is 24.7 Å². The Morgan fingerprint density at radius 2 is 2.11 bits per heavy atom. The average molecular weight is 246 g/mol. The van der Waals surface area contributed by atoms with Crippen molar-refractivity contribution in [2.24, 2.45) is 7.05 Å². The number of benzene rings is 1. The number of hydrogen-bond acceptors (Lipinski definition) is 5. The highest BCUT2D eigenvalue weighted by molar-refractivity contribution is 5.64. The number of nitrogens with two attached hydrogens (primary N) is 1. The van der Waals surface area contributed by atoms with E-state index in [-0.39, 0.29) is 11.4 Å². The Labute approximate surface area is 102 Å². The summed E-state index contributed by atoms with van der Waals surface area (Å²) in [7, 11) is 1.47. The van der Waals surface area contributed by atoms with Gasteiger partial charge in [0.05, 0.1) is 10.6 Å². The van der Waals surface area contributed by atoms with E-state index in [1.165, 1.54) is 25.2 Å². The Hall–Kier alpha value is -2.70. The fraction of sp³-hybridized carbons (Fsp3) is 0.0909. The van der Waals surface area contributed by atoms with Crippen molar-refractivity contribution >= 4 is 11.4 Å². The third-order valence-corrected chi connectivity index (χ3v) is 2.44. The summed E-state index contributed by atoms with van der Waals surface area (Å²) in [5.74, 6) is 0. The van der Waals surface area contributed by atoms with Crippen LogP contribution in [0.5, 0.6) is 0 Å². The molecule has 0 fully saturated rings. The number of nitrogens with zero attached hydrogens (tertiary/aromatic N) is 3. The largest absolute Gasteiger partial charge is 0.394 e. The number of aromatic nitrogens is 2. The van der Waals surface area contributed by atoms with Crippen LogP contribution in [-0.4, -0.2) is 14.7 Å². The first-order valence-corrected chi connectivity index (χ1v) is 5.07. The zero-order chi connectivity index (χ0) is 13.3. The molecule has 0 aliphatic rings. The molecule has 0 bridgehead atoms. The van der Waals surface area contributed by atoms with Crippen LogP contribution in [0.25, 0.3) is 11.3 Å². The molecular formula is C11H10N4O3. The van der Waals surface area contributed by atoms with Gasteiger partial charge in [-0.2, -0.15) is 5.10 Å². The Bertz CT molecular complexity index is 652. The first-order valence-electron chi connectivity index (χ1n) is 5.07. The van der Waals surface area contributed by atoms with Gasteiger partial charge in [-0.15, -0.1) is 0 Å². The number of nitro benzene ring substituents is 1. The Kier molecular flexibility index (Phi) is 2.80. The van der Waals surface area contributed by atoms with E-state index in [1.54, 1.807) is 12.1 Å². The van der Waals surface area contributed by atoms with Gasteiger partial charge in [0.15, 0.2) is 0 Å². The van der Waals surface area contributed by atoms with Crippen molar-refractivity contribution in [1.82, 2.24) is 9.78 Å². The Morgan fingerprint density at radius 3 is 2.72 bits per heavy atom. The summed E-state index contributed by atoms with van der Waals surface area (Å²) in [5.41, 5.74) is 6.11. The van der Waals surface area contributed by atoms with Crippen LogP contribution in [-0.2, 0) is 7.05 Å². The molecule has 1 aromatic heterocycles. The minimum absolute atomic E-state index is 0.0401. The molecule has 1 heterocycles. The molecule has 0 radical (unpaired) electrons. The number of nitro groups is 1.